The summed E-state index contributed by atoms with van der Waals surface area (Å²) in [6, 6.07) is 7.29. The number of hydrogen-bond acceptors (Lipinski definition) is 7. The van der Waals surface area contributed by atoms with Gasteiger partial charge >= 0.3 is 0 Å². The van der Waals surface area contributed by atoms with Crippen molar-refractivity contribution in [1.29, 1.82) is 0 Å². The SMILES string of the molecule is COc1ccc2[nH]c(=O)c([C@H](c3nnnn3C[C@@H]3CCCO3)N3CCCC3)cc2c1. The quantitative estimate of drug-likeness (QED) is 0.663. The number of rotatable bonds is 6. The van der Waals surface area contributed by atoms with Crippen LogP contribution in [-0.2, 0) is 11.3 Å². The Bertz CT molecular complexity index is 1080. The van der Waals surface area contributed by atoms with Gasteiger partial charge in [-0.15, -0.1) is 5.10 Å². The molecule has 2 atom stereocenters. The lowest BCUT2D eigenvalue weighted by Crippen LogP contribution is -2.34. The summed E-state index contributed by atoms with van der Waals surface area (Å²) in [6.45, 7) is 3.20. The monoisotopic (exact) mass is 410 g/mol. The molecule has 1 aromatic carbocycles. The molecular weight excluding hydrogens is 384 g/mol. The van der Waals surface area contributed by atoms with Crippen LogP contribution in [0.5, 0.6) is 5.75 Å². The van der Waals surface area contributed by atoms with Crippen LogP contribution in [0.25, 0.3) is 10.9 Å². The van der Waals surface area contributed by atoms with Crippen molar-refractivity contribution in [3.8, 4) is 5.75 Å². The van der Waals surface area contributed by atoms with Crippen LogP contribution in [0.1, 0.15) is 43.1 Å². The predicted octanol–water partition coefficient (Wildman–Crippen LogP) is 1.89. The molecule has 9 heteroatoms. The zero-order valence-corrected chi connectivity index (χ0v) is 17.1. The van der Waals surface area contributed by atoms with Gasteiger partial charge in [-0.1, -0.05) is 0 Å². The molecule has 0 unspecified atom stereocenters. The smallest absolute Gasteiger partial charge is 0.253 e. The standard InChI is InChI=1S/C21H26N6O3/c1-29-15-6-7-18-14(11-15)12-17(21(28)22-18)19(26-8-2-3-9-26)20-23-24-25-27(20)13-16-5-4-10-30-16/h6-7,11-12,16,19H,2-5,8-10,13H2,1H3,(H,22,28)/t16-,19+/m0/s1. The minimum atomic E-state index is -0.303. The van der Waals surface area contributed by atoms with Crippen LogP contribution >= 0.6 is 0 Å². The summed E-state index contributed by atoms with van der Waals surface area (Å²) in [6.07, 6.45) is 4.38. The number of fused-ring (bicyclic) bond motifs is 1. The number of benzene rings is 1. The van der Waals surface area contributed by atoms with Crippen molar-refractivity contribution < 1.29 is 9.47 Å². The largest absolute Gasteiger partial charge is 0.497 e. The summed E-state index contributed by atoms with van der Waals surface area (Å²) in [5.74, 6) is 1.45. The first kappa shape index (κ1) is 19.2. The first-order valence-corrected chi connectivity index (χ1v) is 10.6. The molecule has 2 aliphatic heterocycles. The van der Waals surface area contributed by atoms with Crippen LogP contribution < -0.4 is 10.3 Å². The molecule has 0 spiro atoms. The molecule has 0 saturated carbocycles. The number of H-pyrrole nitrogens is 1. The number of aromatic nitrogens is 5. The Hall–Kier alpha value is -2.78. The van der Waals surface area contributed by atoms with Gasteiger partial charge in [0.25, 0.3) is 5.56 Å². The van der Waals surface area contributed by atoms with E-state index >= 15 is 0 Å². The zero-order chi connectivity index (χ0) is 20.5. The Morgan fingerprint density at radius 2 is 2.13 bits per heavy atom. The van der Waals surface area contributed by atoms with Crippen LogP contribution in [0.3, 0.4) is 0 Å². The van der Waals surface area contributed by atoms with E-state index in [0.717, 1.165) is 62.0 Å². The molecule has 3 aromatic rings. The number of aromatic amines is 1. The molecule has 0 bridgehead atoms. The Labute approximate surface area is 174 Å². The fraction of sp³-hybridized carbons (Fsp3) is 0.524. The zero-order valence-electron chi connectivity index (χ0n) is 17.1. The summed E-state index contributed by atoms with van der Waals surface area (Å²) in [7, 11) is 1.64. The summed E-state index contributed by atoms with van der Waals surface area (Å²) >= 11 is 0. The second-order valence-electron chi connectivity index (χ2n) is 8.01. The molecule has 2 fully saturated rings. The highest BCUT2D eigenvalue weighted by Crippen LogP contribution is 2.30. The van der Waals surface area contributed by atoms with Gasteiger partial charge in [0.1, 0.15) is 11.8 Å². The van der Waals surface area contributed by atoms with Crippen LogP contribution in [0, 0.1) is 0 Å². The first-order valence-electron chi connectivity index (χ1n) is 10.6. The minimum absolute atomic E-state index is 0.115. The number of methoxy groups -OCH3 is 1. The van der Waals surface area contributed by atoms with Gasteiger partial charge < -0.3 is 14.5 Å². The van der Waals surface area contributed by atoms with Crippen molar-refractivity contribution in [2.75, 3.05) is 26.8 Å². The third-order valence-electron chi connectivity index (χ3n) is 6.09. The van der Waals surface area contributed by atoms with Crippen molar-refractivity contribution in [2.45, 2.75) is 44.4 Å². The van der Waals surface area contributed by atoms with Crippen LogP contribution in [0.2, 0.25) is 0 Å². The molecular formula is C21H26N6O3. The van der Waals surface area contributed by atoms with E-state index in [1.807, 2.05) is 28.9 Å². The van der Waals surface area contributed by atoms with Crippen molar-refractivity contribution >= 4 is 10.9 Å². The summed E-state index contributed by atoms with van der Waals surface area (Å²) in [5.41, 5.74) is 1.32. The normalized spacial score (nSPS) is 20.8. The molecule has 9 nitrogen and oxygen atoms in total. The van der Waals surface area contributed by atoms with E-state index in [1.54, 1.807) is 7.11 Å². The van der Waals surface area contributed by atoms with E-state index in [4.69, 9.17) is 9.47 Å². The van der Waals surface area contributed by atoms with Crippen molar-refractivity contribution in [3.05, 3.63) is 46.0 Å². The van der Waals surface area contributed by atoms with Gasteiger partial charge in [0.15, 0.2) is 5.82 Å². The molecule has 1 N–H and O–H groups in total. The molecule has 158 valence electrons. The van der Waals surface area contributed by atoms with Gasteiger partial charge in [0.05, 0.1) is 19.8 Å². The highest BCUT2D eigenvalue weighted by Gasteiger charge is 2.32. The van der Waals surface area contributed by atoms with Gasteiger partial charge in [-0.3, -0.25) is 9.69 Å². The van der Waals surface area contributed by atoms with Crippen molar-refractivity contribution in [2.24, 2.45) is 0 Å². The molecule has 0 radical (unpaired) electrons. The third-order valence-corrected chi connectivity index (χ3v) is 6.09. The minimum Gasteiger partial charge on any atom is -0.497 e. The molecule has 5 rings (SSSR count). The molecule has 2 aromatic heterocycles. The van der Waals surface area contributed by atoms with E-state index in [-0.39, 0.29) is 17.7 Å². The average Bonchev–Trinajstić information content (AvgIpc) is 3.53. The van der Waals surface area contributed by atoms with Crippen molar-refractivity contribution in [3.63, 3.8) is 0 Å². The molecule has 0 aliphatic carbocycles. The number of tetrazole rings is 1. The fourth-order valence-electron chi connectivity index (χ4n) is 4.55. The van der Waals surface area contributed by atoms with E-state index in [0.29, 0.717) is 17.9 Å². The molecule has 2 saturated heterocycles. The van der Waals surface area contributed by atoms with Crippen LogP contribution in [0.4, 0.5) is 0 Å². The maximum absolute atomic E-state index is 13.1. The van der Waals surface area contributed by atoms with Gasteiger partial charge in [0.2, 0.25) is 0 Å². The van der Waals surface area contributed by atoms with Crippen LogP contribution in [0.15, 0.2) is 29.1 Å². The van der Waals surface area contributed by atoms with E-state index in [9.17, 15) is 4.79 Å². The Morgan fingerprint density at radius 1 is 1.27 bits per heavy atom. The Balaban J connectivity index is 1.59. The van der Waals surface area contributed by atoms with Gasteiger partial charge in [-0.2, -0.15) is 0 Å². The number of nitrogens with one attached hydrogen (secondary N) is 1. The lowest BCUT2D eigenvalue weighted by Gasteiger charge is -2.27. The Kier molecular flexibility index (Phi) is 5.22. The molecule has 0 amide bonds. The number of hydrogen-bond donors (Lipinski definition) is 1. The maximum atomic E-state index is 13.1. The van der Waals surface area contributed by atoms with Gasteiger partial charge in [-0.25, -0.2) is 4.68 Å². The topological polar surface area (TPSA) is 98.2 Å². The third kappa shape index (κ3) is 3.59. The lowest BCUT2D eigenvalue weighted by atomic mass is 10.0. The number of ether oxygens (including phenoxy) is 2. The number of pyridine rings is 1. The molecule has 4 heterocycles. The second kappa shape index (κ2) is 8.16. The molecule has 30 heavy (non-hydrogen) atoms. The Morgan fingerprint density at radius 3 is 2.90 bits per heavy atom. The first-order chi connectivity index (χ1) is 14.7. The average molecular weight is 410 g/mol. The predicted molar refractivity (Wildman–Crippen MR) is 111 cm³/mol. The second-order valence-corrected chi connectivity index (χ2v) is 8.01. The van der Waals surface area contributed by atoms with Crippen molar-refractivity contribution in [1.82, 2.24) is 30.1 Å². The van der Waals surface area contributed by atoms with E-state index < -0.39 is 0 Å². The lowest BCUT2D eigenvalue weighted by molar-refractivity contribution is 0.0912. The highest BCUT2D eigenvalue weighted by atomic mass is 16.5. The van der Waals surface area contributed by atoms with E-state index in [2.05, 4.69) is 25.4 Å². The molecule has 2 aliphatic rings. The number of nitrogens with zero attached hydrogens (tertiary/aromatic N) is 5. The maximum Gasteiger partial charge on any atom is 0.253 e. The fourth-order valence-corrected chi connectivity index (χ4v) is 4.55. The van der Waals surface area contributed by atoms with Gasteiger partial charge in [0, 0.05) is 23.1 Å². The van der Waals surface area contributed by atoms with E-state index in [1.165, 1.54) is 0 Å². The summed E-state index contributed by atoms with van der Waals surface area (Å²) in [5, 5.41) is 13.5. The summed E-state index contributed by atoms with van der Waals surface area (Å²) in [4.78, 5) is 18.4. The van der Waals surface area contributed by atoms with Gasteiger partial charge in [-0.05, 0) is 73.5 Å². The summed E-state index contributed by atoms with van der Waals surface area (Å²) < 4.78 is 13.0. The highest BCUT2D eigenvalue weighted by molar-refractivity contribution is 5.80. The number of likely N-dealkylation sites (tertiary alicyclic amines) is 1. The van der Waals surface area contributed by atoms with Crippen LogP contribution in [-0.4, -0.2) is 63.0 Å².